The molecule has 0 spiro atoms. The van der Waals surface area contributed by atoms with Crippen LogP contribution in [0.1, 0.15) is 56.7 Å². The van der Waals surface area contributed by atoms with Gasteiger partial charge in [0.2, 0.25) is 5.16 Å². The summed E-state index contributed by atoms with van der Waals surface area (Å²) in [6.45, 7) is 4.00. The SMILES string of the molecule is CC.Fc1ccc(F)c(C2CC(F)c3nc(SC4CC4)nn32)c1. The van der Waals surface area contributed by atoms with Gasteiger partial charge in [-0.2, -0.15) is 0 Å². The molecule has 0 saturated heterocycles. The molecular weight excluding hydrogens is 323 g/mol. The summed E-state index contributed by atoms with van der Waals surface area (Å²) < 4.78 is 42.8. The molecular formula is C16H18F3N3S. The number of thioether (sulfide) groups is 1. The molecule has 3 nitrogen and oxygen atoms in total. The maximum atomic E-state index is 14.1. The molecule has 4 rings (SSSR count). The van der Waals surface area contributed by atoms with E-state index in [1.807, 2.05) is 13.8 Å². The highest BCUT2D eigenvalue weighted by atomic mass is 32.2. The maximum Gasteiger partial charge on any atom is 0.209 e. The van der Waals surface area contributed by atoms with Gasteiger partial charge in [-0.25, -0.2) is 22.8 Å². The second kappa shape index (κ2) is 6.55. The summed E-state index contributed by atoms with van der Waals surface area (Å²) in [5.74, 6) is -0.872. The van der Waals surface area contributed by atoms with E-state index >= 15 is 0 Å². The van der Waals surface area contributed by atoms with Crippen molar-refractivity contribution in [1.82, 2.24) is 14.8 Å². The van der Waals surface area contributed by atoms with E-state index in [2.05, 4.69) is 10.1 Å². The zero-order valence-electron chi connectivity index (χ0n) is 13.0. The van der Waals surface area contributed by atoms with Crippen LogP contribution in [0.3, 0.4) is 0 Å². The lowest BCUT2D eigenvalue weighted by atomic mass is 10.0. The highest BCUT2D eigenvalue weighted by Gasteiger charge is 2.37. The first-order valence-corrected chi connectivity index (χ1v) is 8.72. The Hall–Kier alpha value is -1.50. The first-order valence-electron chi connectivity index (χ1n) is 7.84. The molecule has 2 unspecified atom stereocenters. The molecule has 7 heteroatoms. The monoisotopic (exact) mass is 341 g/mol. The quantitative estimate of drug-likeness (QED) is 0.800. The largest absolute Gasteiger partial charge is 0.239 e. The normalized spacial score (nSPS) is 22.5. The number of halogens is 3. The van der Waals surface area contributed by atoms with Gasteiger partial charge in [0, 0.05) is 17.2 Å². The van der Waals surface area contributed by atoms with Crippen LogP contribution in [0.4, 0.5) is 13.2 Å². The van der Waals surface area contributed by atoms with Crippen LogP contribution < -0.4 is 0 Å². The summed E-state index contributed by atoms with van der Waals surface area (Å²) in [6.07, 6.45) is 0.994. The third kappa shape index (κ3) is 3.24. The highest BCUT2D eigenvalue weighted by molar-refractivity contribution is 8.00. The van der Waals surface area contributed by atoms with Gasteiger partial charge in [-0.05, 0) is 31.0 Å². The van der Waals surface area contributed by atoms with Gasteiger partial charge < -0.3 is 0 Å². The molecule has 1 aromatic heterocycles. The van der Waals surface area contributed by atoms with Gasteiger partial charge >= 0.3 is 0 Å². The van der Waals surface area contributed by atoms with E-state index in [0.717, 1.165) is 31.0 Å². The van der Waals surface area contributed by atoms with Gasteiger partial charge in [0.1, 0.15) is 11.6 Å². The number of hydrogen-bond donors (Lipinski definition) is 0. The number of hydrogen-bond acceptors (Lipinski definition) is 3. The molecule has 2 atom stereocenters. The van der Waals surface area contributed by atoms with E-state index in [1.54, 1.807) is 0 Å². The Morgan fingerprint density at radius 3 is 2.65 bits per heavy atom. The fraction of sp³-hybridized carbons (Fsp3) is 0.500. The van der Waals surface area contributed by atoms with Crippen LogP contribution in [0, 0.1) is 11.6 Å². The van der Waals surface area contributed by atoms with Gasteiger partial charge in [-0.1, -0.05) is 25.6 Å². The molecule has 0 bridgehead atoms. The third-order valence-corrected chi connectivity index (χ3v) is 4.95. The van der Waals surface area contributed by atoms with Gasteiger partial charge in [0.25, 0.3) is 0 Å². The first-order chi connectivity index (χ1) is 11.1. The molecule has 0 amide bonds. The summed E-state index contributed by atoms with van der Waals surface area (Å²) >= 11 is 1.52. The van der Waals surface area contributed by atoms with Crippen LogP contribution in [0.2, 0.25) is 0 Å². The second-order valence-corrected chi connectivity index (χ2v) is 6.67. The molecule has 1 aliphatic carbocycles. The van der Waals surface area contributed by atoms with Crippen LogP contribution in [0.5, 0.6) is 0 Å². The number of benzene rings is 1. The van der Waals surface area contributed by atoms with Crippen LogP contribution in [0.15, 0.2) is 23.4 Å². The Labute approximate surface area is 137 Å². The number of fused-ring (bicyclic) bond motifs is 1. The predicted molar refractivity (Wildman–Crippen MR) is 83.2 cm³/mol. The van der Waals surface area contributed by atoms with Gasteiger partial charge in [0.05, 0.1) is 6.04 Å². The molecule has 0 N–H and O–H groups in total. The van der Waals surface area contributed by atoms with E-state index < -0.39 is 23.8 Å². The van der Waals surface area contributed by atoms with Crippen LogP contribution in [0.25, 0.3) is 0 Å². The molecule has 1 aromatic carbocycles. The van der Waals surface area contributed by atoms with Crippen molar-refractivity contribution in [3.63, 3.8) is 0 Å². The summed E-state index contributed by atoms with van der Waals surface area (Å²) in [5.41, 5.74) is 0.129. The minimum Gasteiger partial charge on any atom is -0.239 e. The molecule has 1 fully saturated rings. The molecule has 2 aliphatic rings. The zero-order valence-corrected chi connectivity index (χ0v) is 13.8. The van der Waals surface area contributed by atoms with Crippen molar-refractivity contribution in [3.8, 4) is 0 Å². The summed E-state index contributed by atoms with van der Waals surface area (Å²) in [5, 5.41) is 5.32. The van der Waals surface area contributed by atoms with Crippen molar-refractivity contribution in [2.75, 3.05) is 0 Å². The Bertz CT molecular complexity index is 700. The van der Waals surface area contributed by atoms with Crippen molar-refractivity contribution in [1.29, 1.82) is 0 Å². The van der Waals surface area contributed by atoms with Gasteiger partial charge in [-0.3, -0.25) is 0 Å². The Morgan fingerprint density at radius 2 is 1.96 bits per heavy atom. The molecule has 124 valence electrons. The Balaban J connectivity index is 0.000000753. The molecule has 1 aliphatic heterocycles. The van der Waals surface area contributed by atoms with Gasteiger partial charge in [0.15, 0.2) is 12.0 Å². The fourth-order valence-corrected chi connectivity index (χ4v) is 3.52. The summed E-state index contributed by atoms with van der Waals surface area (Å²) in [6, 6.07) is 2.59. The van der Waals surface area contributed by atoms with E-state index in [0.29, 0.717) is 10.4 Å². The van der Waals surface area contributed by atoms with Crippen molar-refractivity contribution in [2.24, 2.45) is 0 Å². The topological polar surface area (TPSA) is 30.7 Å². The standard InChI is InChI=1S/C14H12F3N3S.C2H6/c15-7-1-4-10(16)9(5-7)12-6-11(17)13-18-14(19-20(12)13)21-8-2-3-8;1-2/h1,4-5,8,11-12H,2-3,6H2;1-2H3. The lowest BCUT2D eigenvalue weighted by molar-refractivity contribution is 0.325. The van der Waals surface area contributed by atoms with Crippen molar-refractivity contribution >= 4 is 11.8 Å². The van der Waals surface area contributed by atoms with Crippen molar-refractivity contribution in [2.45, 2.75) is 55.7 Å². The van der Waals surface area contributed by atoms with E-state index in [1.165, 1.54) is 16.4 Å². The van der Waals surface area contributed by atoms with Crippen LogP contribution >= 0.6 is 11.8 Å². The molecule has 2 heterocycles. The maximum absolute atomic E-state index is 14.1. The Kier molecular flexibility index (Phi) is 4.66. The summed E-state index contributed by atoms with van der Waals surface area (Å²) in [7, 11) is 0. The lowest BCUT2D eigenvalue weighted by Crippen LogP contribution is -2.10. The molecule has 23 heavy (non-hydrogen) atoms. The minimum absolute atomic E-state index is 0.0457. The average Bonchev–Trinajstić information content (AvgIpc) is 3.18. The van der Waals surface area contributed by atoms with E-state index in [9.17, 15) is 13.2 Å². The predicted octanol–water partition coefficient (Wildman–Crippen LogP) is 4.84. The zero-order chi connectivity index (χ0) is 16.6. The highest BCUT2D eigenvalue weighted by Crippen LogP contribution is 2.43. The second-order valence-electron chi connectivity index (χ2n) is 5.40. The molecule has 0 radical (unpaired) electrons. The minimum atomic E-state index is -1.29. The lowest BCUT2D eigenvalue weighted by Gasteiger charge is -2.12. The molecule has 2 aromatic rings. The molecule has 1 saturated carbocycles. The van der Waals surface area contributed by atoms with Crippen molar-refractivity contribution < 1.29 is 13.2 Å². The number of nitrogens with zero attached hydrogens (tertiary/aromatic N) is 3. The van der Waals surface area contributed by atoms with Crippen LogP contribution in [-0.2, 0) is 0 Å². The Morgan fingerprint density at radius 1 is 1.22 bits per heavy atom. The van der Waals surface area contributed by atoms with Gasteiger partial charge in [-0.15, -0.1) is 5.10 Å². The van der Waals surface area contributed by atoms with E-state index in [-0.39, 0.29) is 17.8 Å². The number of rotatable bonds is 3. The summed E-state index contributed by atoms with van der Waals surface area (Å²) in [4.78, 5) is 4.20. The number of alkyl halides is 1. The first kappa shape index (κ1) is 16.4. The third-order valence-electron chi connectivity index (χ3n) is 3.76. The van der Waals surface area contributed by atoms with Crippen molar-refractivity contribution in [3.05, 3.63) is 41.2 Å². The average molecular weight is 341 g/mol. The smallest absolute Gasteiger partial charge is 0.209 e. The van der Waals surface area contributed by atoms with Crippen LogP contribution in [-0.4, -0.2) is 20.0 Å². The fourth-order valence-electron chi connectivity index (χ4n) is 2.57. The van der Waals surface area contributed by atoms with E-state index in [4.69, 9.17) is 0 Å². The number of aromatic nitrogens is 3.